The summed E-state index contributed by atoms with van der Waals surface area (Å²) in [5.74, 6) is 0.254. The first-order valence-electron chi connectivity index (χ1n) is 6.06. The topological polar surface area (TPSA) is 32.9 Å². The number of aryl methyl sites for hydroxylation is 3. The van der Waals surface area contributed by atoms with Crippen LogP contribution in [0.1, 0.15) is 42.1 Å². The quantitative estimate of drug-likeness (QED) is 0.796. The second-order valence-electron chi connectivity index (χ2n) is 5.08. The monoisotopic (exact) mass is 229 g/mol. The fourth-order valence-corrected chi connectivity index (χ4v) is 2.43. The minimum absolute atomic E-state index is 0.175. The molecule has 0 bridgehead atoms. The van der Waals surface area contributed by atoms with Gasteiger partial charge in [-0.05, 0) is 43.9 Å². The normalized spacial score (nSPS) is 11.4. The van der Waals surface area contributed by atoms with Gasteiger partial charge in [0.2, 0.25) is 0 Å². The van der Waals surface area contributed by atoms with Crippen LogP contribution in [-0.4, -0.2) is 4.98 Å². The molecule has 2 nitrogen and oxygen atoms in total. The van der Waals surface area contributed by atoms with Crippen LogP contribution < -0.4 is 5.43 Å². The third-order valence-corrected chi connectivity index (χ3v) is 3.52. The first-order chi connectivity index (χ1) is 7.93. The number of hydrogen-bond acceptors (Lipinski definition) is 1. The smallest absolute Gasteiger partial charge is 0.193 e. The molecule has 2 aromatic rings. The van der Waals surface area contributed by atoms with E-state index in [1.807, 2.05) is 19.1 Å². The SMILES string of the molecule is Cc1ccc2c(=O)c(C(C)C)c(C)[nH]c2c1C. The average Bonchev–Trinajstić information content (AvgIpc) is 2.23. The van der Waals surface area contributed by atoms with Gasteiger partial charge in [0.25, 0.3) is 0 Å². The molecule has 0 spiro atoms. The van der Waals surface area contributed by atoms with Crippen molar-refractivity contribution >= 4 is 10.9 Å². The number of aromatic amines is 1. The third-order valence-electron chi connectivity index (χ3n) is 3.52. The van der Waals surface area contributed by atoms with Crippen LogP contribution in [0.25, 0.3) is 10.9 Å². The molecule has 0 saturated heterocycles. The number of nitrogens with one attached hydrogen (secondary N) is 1. The summed E-state index contributed by atoms with van der Waals surface area (Å²) < 4.78 is 0. The number of aromatic nitrogens is 1. The van der Waals surface area contributed by atoms with E-state index in [0.29, 0.717) is 0 Å². The Morgan fingerprint density at radius 1 is 1.12 bits per heavy atom. The van der Waals surface area contributed by atoms with Crippen LogP contribution in [0.5, 0.6) is 0 Å². The van der Waals surface area contributed by atoms with E-state index in [2.05, 4.69) is 32.7 Å². The molecule has 0 fully saturated rings. The zero-order chi connectivity index (χ0) is 12.7. The van der Waals surface area contributed by atoms with Gasteiger partial charge < -0.3 is 4.98 Å². The summed E-state index contributed by atoms with van der Waals surface area (Å²) in [6.07, 6.45) is 0. The molecule has 1 aromatic heterocycles. The molecule has 0 aliphatic carbocycles. The Balaban J connectivity index is 2.96. The zero-order valence-electron chi connectivity index (χ0n) is 11.1. The summed E-state index contributed by atoms with van der Waals surface area (Å²) >= 11 is 0. The predicted molar refractivity (Wildman–Crippen MR) is 72.9 cm³/mol. The zero-order valence-corrected chi connectivity index (χ0v) is 11.1. The number of rotatable bonds is 1. The summed E-state index contributed by atoms with van der Waals surface area (Å²) in [6.45, 7) is 10.2. The Kier molecular flexibility index (Phi) is 2.82. The summed E-state index contributed by atoms with van der Waals surface area (Å²) in [5.41, 5.74) is 5.43. The van der Waals surface area contributed by atoms with Gasteiger partial charge in [0.1, 0.15) is 0 Å². The molecule has 0 radical (unpaired) electrons. The summed E-state index contributed by atoms with van der Waals surface area (Å²) in [6, 6.07) is 3.95. The number of fused-ring (bicyclic) bond motifs is 1. The molecule has 17 heavy (non-hydrogen) atoms. The fourth-order valence-electron chi connectivity index (χ4n) is 2.43. The van der Waals surface area contributed by atoms with E-state index in [1.165, 1.54) is 5.56 Å². The number of benzene rings is 1. The van der Waals surface area contributed by atoms with Crippen LogP contribution in [0.3, 0.4) is 0 Å². The highest BCUT2D eigenvalue weighted by Crippen LogP contribution is 2.21. The Morgan fingerprint density at radius 3 is 2.35 bits per heavy atom. The van der Waals surface area contributed by atoms with Crippen LogP contribution in [0.15, 0.2) is 16.9 Å². The standard InChI is InChI=1S/C15H19NO/c1-8(2)13-11(5)16-14-10(4)9(3)6-7-12(14)15(13)17/h6-8H,1-5H3,(H,16,17). The number of pyridine rings is 1. The van der Waals surface area contributed by atoms with E-state index in [9.17, 15) is 4.79 Å². The number of hydrogen-bond donors (Lipinski definition) is 1. The van der Waals surface area contributed by atoms with E-state index < -0.39 is 0 Å². The molecule has 2 heteroatoms. The fraction of sp³-hybridized carbons (Fsp3) is 0.400. The first-order valence-corrected chi connectivity index (χ1v) is 6.06. The van der Waals surface area contributed by atoms with E-state index in [-0.39, 0.29) is 11.3 Å². The van der Waals surface area contributed by atoms with Crippen LogP contribution in [-0.2, 0) is 0 Å². The third kappa shape index (κ3) is 1.78. The van der Waals surface area contributed by atoms with E-state index >= 15 is 0 Å². The molecular weight excluding hydrogens is 210 g/mol. The van der Waals surface area contributed by atoms with Crippen molar-refractivity contribution in [1.82, 2.24) is 4.98 Å². The maximum absolute atomic E-state index is 12.4. The molecule has 1 N–H and O–H groups in total. The van der Waals surface area contributed by atoms with Crippen molar-refractivity contribution in [2.75, 3.05) is 0 Å². The van der Waals surface area contributed by atoms with Gasteiger partial charge >= 0.3 is 0 Å². The van der Waals surface area contributed by atoms with Gasteiger partial charge in [0.05, 0.1) is 5.52 Å². The highest BCUT2D eigenvalue weighted by Gasteiger charge is 2.13. The van der Waals surface area contributed by atoms with Gasteiger partial charge in [-0.25, -0.2) is 0 Å². The molecule has 0 atom stereocenters. The van der Waals surface area contributed by atoms with E-state index in [0.717, 1.165) is 27.7 Å². The largest absolute Gasteiger partial charge is 0.358 e. The van der Waals surface area contributed by atoms with Crippen molar-refractivity contribution in [3.63, 3.8) is 0 Å². The molecule has 1 heterocycles. The van der Waals surface area contributed by atoms with Gasteiger partial charge in [-0.3, -0.25) is 4.79 Å². The van der Waals surface area contributed by atoms with Gasteiger partial charge in [-0.2, -0.15) is 0 Å². The summed E-state index contributed by atoms with van der Waals surface area (Å²) in [4.78, 5) is 15.8. The van der Waals surface area contributed by atoms with Gasteiger partial charge in [-0.1, -0.05) is 19.9 Å². The molecule has 0 unspecified atom stereocenters. The van der Waals surface area contributed by atoms with Crippen molar-refractivity contribution in [3.8, 4) is 0 Å². The summed E-state index contributed by atoms with van der Waals surface area (Å²) in [7, 11) is 0. The minimum atomic E-state index is 0.175. The highest BCUT2D eigenvalue weighted by atomic mass is 16.1. The molecule has 1 aromatic carbocycles. The number of H-pyrrole nitrogens is 1. The van der Waals surface area contributed by atoms with Crippen LogP contribution >= 0.6 is 0 Å². The molecular formula is C15H19NO. The van der Waals surface area contributed by atoms with E-state index in [1.54, 1.807) is 0 Å². The lowest BCUT2D eigenvalue weighted by molar-refractivity contribution is 0.838. The Labute approximate surface area is 102 Å². The van der Waals surface area contributed by atoms with Gasteiger partial charge in [-0.15, -0.1) is 0 Å². The average molecular weight is 229 g/mol. The Hall–Kier alpha value is -1.57. The van der Waals surface area contributed by atoms with Crippen LogP contribution in [0.4, 0.5) is 0 Å². The van der Waals surface area contributed by atoms with Gasteiger partial charge in [0, 0.05) is 16.6 Å². The lowest BCUT2D eigenvalue weighted by atomic mass is 9.97. The van der Waals surface area contributed by atoms with Crippen LogP contribution in [0, 0.1) is 20.8 Å². The molecule has 0 saturated carbocycles. The van der Waals surface area contributed by atoms with E-state index in [4.69, 9.17) is 0 Å². The first kappa shape index (κ1) is 11.9. The highest BCUT2D eigenvalue weighted by molar-refractivity contribution is 5.83. The van der Waals surface area contributed by atoms with Gasteiger partial charge in [0.15, 0.2) is 5.43 Å². The van der Waals surface area contributed by atoms with Crippen molar-refractivity contribution < 1.29 is 0 Å². The predicted octanol–water partition coefficient (Wildman–Crippen LogP) is 3.58. The van der Waals surface area contributed by atoms with Crippen molar-refractivity contribution in [3.05, 3.63) is 44.7 Å². The van der Waals surface area contributed by atoms with Crippen molar-refractivity contribution in [2.24, 2.45) is 0 Å². The maximum Gasteiger partial charge on any atom is 0.193 e. The Bertz CT molecular complexity index is 635. The van der Waals surface area contributed by atoms with Crippen LogP contribution in [0.2, 0.25) is 0 Å². The Morgan fingerprint density at radius 2 is 1.76 bits per heavy atom. The second-order valence-corrected chi connectivity index (χ2v) is 5.08. The second kappa shape index (κ2) is 4.02. The molecule has 0 aliphatic rings. The van der Waals surface area contributed by atoms with Crippen molar-refractivity contribution in [1.29, 1.82) is 0 Å². The molecule has 0 aliphatic heterocycles. The summed E-state index contributed by atoms with van der Waals surface area (Å²) in [5, 5.41) is 0.808. The lowest BCUT2D eigenvalue weighted by Gasteiger charge is -2.13. The lowest BCUT2D eigenvalue weighted by Crippen LogP contribution is -2.15. The van der Waals surface area contributed by atoms with Crippen molar-refractivity contribution in [2.45, 2.75) is 40.5 Å². The minimum Gasteiger partial charge on any atom is -0.358 e. The molecule has 0 amide bonds. The molecule has 90 valence electrons. The molecule has 2 rings (SSSR count). The maximum atomic E-state index is 12.4.